The molecule has 8 rings (SSSR count). The normalized spacial score (nSPS) is 18.6. The number of likely N-dealkylation sites (N-methyl/N-ethyl adjacent to an activating group) is 1. The molecule has 4 aliphatic heterocycles. The zero-order valence-corrected chi connectivity index (χ0v) is 40.2. The molecule has 68 heavy (non-hydrogen) atoms. The number of piperidine rings is 2. The van der Waals surface area contributed by atoms with Gasteiger partial charge in [-0.1, -0.05) is 41.1 Å². The zero-order valence-electron chi connectivity index (χ0n) is 38.6. The number of halogens is 1. The Morgan fingerprint density at radius 2 is 1.75 bits per heavy atom. The van der Waals surface area contributed by atoms with E-state index >= 15 is 0 Å². The molecule has 18 nitrogen and oxygen atoms in total. The fourth-order valence-corrected chi connectivity index (χ4v) is 9.57. The van der Waals surface area contributed by atoms with Gasteiger partial charge in [0.25, 0.3) is 11.8 Å². The average molecular weight is 993 g/mol. The molecule has 5 N–H and O–H groups in total. The molecule has 1 aromatic heterocycles. The van der Waals surface area contributed by atoms with Crippen molar-refractivity contribution >= 4 is 80.2 Å². The number of benzene rings is 3. The summed E-state index contributed by atoms with van der Waals surface area (Å²) in [6.45, 7) is 6.89. The van der Waals surface area contributed by atoms with Gasteiger partial charge in [0.1, 0.15) is 23.5 Å². The van der Waals surface area contributed by atoms with Crippen LogP contribution in [0.1, 0.15) is 90.1 Å². The molecule has 0 bridgehead atoms. The number of hydrogen-bond donors (Lipinski definition) is 5. The van der Waals surface area contributed by atoms with Crippen LogP contribution >= 0.6 is 15.9 Å². The first-order chi connectivity index (χ1) is 32.9. The number of unbranched alkanes of at least 4 members (excludes halogenated alkanes) is 1. The quantitative estimate of drug-likeness (QED) is 0.0650. The number of rotatable bonds is 18. The standard InChI is InChI=1S/C49H58BrN11O7/c1-4-38-48(67)58(2)40-27-52-49(57-44(40)60(38)28-30-11-14-32(50)15-12-30)55-37-16-13-31(26-41(37)68-3)45(64)53-33-19-23-59(24-20-33)25-22-51-21-6-5-10-42(62)54-36-9-7-8-34-35(36)29-61(47(34)66)39-17-18-43(63)56-46(39)65/h7-9,11-16,26-27,33,38-39,51H,4-6,10,17-25,28-29H2,1-3H3,(H,53,64)(H,54,62)(H,52,55,57)(H,56,63,65)/t38-,39?/m1/s1. The molecule has 3 aromatic carbocycles. The fraction of sp³-hybridized carbons (Fsp3) is 0.429. The second-order valence-corrected chi connectivity index (χ2v) is 18.5. The van der Waals surface area contributed by atoms with Crippen molar-refractivity contribution in [1.29, 1.82) is 0 Å². The minimum Gasteiger partial charge on any atom is -0.495 e. The van der Waals surface area contributed by atoms with Gasteiger partial charge in [0, 0.05) is 92.1 Å². The third-order valence-corrected chi connectivity index (χ3v) is 13.7. The van der Waals surface area contributed by atoms with Crippen LogP contribution in [0.5, 0.6) is 5.75 Å². The Bertz CT molecular complexity index is 2550. The van der Waals surface area contributed by atoms with Crippen molar-refractivity contribution in [2.45, 2.75) is 89.5 Å². The number of nitrogens with zero attached hydrogens (tertiary/aromatic N) is 6. The number of anilines is 5. The Kier molecular flexibility index (Phi) is 15.3. The van der Waals surface area contributed by atoms with Crippen LogP contribution in [-0.4, -0.2) is 120 Å². The smallest absolute Gasteiger partial charge is 0.255 e. The lowest BCUT2D eigenvalue weighted by Crippen LogP contribution is -2.52. The molecular weight excluding hydrogens is 935 g/mol. The molecule has 1 unspecified atom stereocenters. The van der Waals surface area contributed by atoms with Crippen molar-refractivity contribution in [3.05, 3.63) is 93.6 Å². The fourth-order valence-electron chi connectivity index (χ4n) is 9.30. The lowest BCUT2D eigenvalue weighted by Gasteiger charge is -2.40. The molecule has 2 saturated heterocycles. The number of carbonyl (C=O) groups excluding carboxylic acids is 6. The van der Waals surface area contributed by atoms with Crippen LogP contribution in [0.4, 0.5) is 28.8 Å². The van der Waals surface area contributed by atoms with Gasteiger partial charge in [-0.2, -0.15) is 4.98 Å². The van der Waals surface area contributed by atoms with Crippen LogP contribution in [0.25, 0.3) is 0 Å². The van der Waals surface area contributed by atoms with E-state index in [-0.39, 0.29) is 55.0 Å². The third kappa shape index (κ3) is 11.0. The van der Waals surface area contributed by atoms with Crippen molar-refractivity contribution in [3.8, 4) is 5.75 Å². The molecule has 0 saturated carbocycles. The number of likely N-dealkylation sites (tertiary alicyclic amines) is 1. The van der Waals surface area contributed by atoms with E-state index in [2.05, 4.69) is 52.4 Å². The average Bonchev–Trinajstić information content (AvgIpc) is 3.67. The predicted octanol–water partition coefficient (Wildman–Crippen LogP) is 5.11. The third-order valence-electron chi connectivity index (χ3n) is 13.1. The number of nitrogens with one attached hydrogen (secondary N) is 5. The Morgan fingerprint density at radius 1 is 0.956 bits per heavy atom. The van der Waals surface area contributed by atoms with Gasteiger partial charge in [-0.25, -0.2) is 4.98 Å². The van der Waals surface area contributed by atoms with E-state index in [4.69, 9.17) is 9.72 Å². The molecule has 19 heteroatoms. The van der Waals surface area contributed by atoms with Crippen molar-refractivity contribution in [1.82, 2.24) is 35.7 Å². The summed E-state index contributed by atoms with van der Waals surface area (Å²) in [5.41, 5.74) is 4.45. The first kappa shape index (κ1) is 48.0. The summed E-state index contributed by atoms with van der Waals surface area (Å²) in [5, 5.41) is 15.2. The van der Waals surface area contributed by atoms with Crippen molar-refractivity contribution in [2.75, 3.05) is 67.3 Å². The van der Waals surface area contributed by atoms with Crippen molar-refractivity contribution in [2.24, 2.45) is 0 Å². The van der Waals surface area contributed by atoms with Gasteiger partial charge in [0.05, 0.1) is 19.0 Å². The highest BCUT2D eigenvalue weighted by molar-refractivity contribution is 9.10. The van der Waals surface area contributed by atoms with Crippen LogP contribution in [0, 0.1) is 0 Å². The molecule has 2 atom stereocenters. The van der Waals surface area contributed by atoms with E-state index < -0.39 is 18.0 Å². The van der Waals surface area contributed by atoms with Gasteiger partial charge in [-0.15, -0.1) is 0 Å². The van der Waals surface area contributed by atoms with Gasteiger partial charge in [0.2, 0.25) is 29.6 Å². The lowest BCUT2D eigenvalue weighted by atomic mass is 10.0. The van der Waals surface area contributed by atoms with E-state index in [1.165, 1.54) is 4.90 Å². The molecule has 0 radical (unpaired) electrons. The van der Waals surface area contributed by atoms with Crippen LogP contribution < -0.4 is 41.1 Å². The highest BCUT2D eigenvalue weighted by atomic mass is 79.9. The minimum absolute atomic E-state index is 0.0128. The lowest BCUT2D eigenvalue weighted by molar-refractivity contribution is -0.137. The molecule has 6 amide bonds. The molecule has 4 aromatic rings. The van der Waals surface area contributed by atoms with Gasteiger partial charge < -0.3 is 45.6 Å². The van der Waals surface area contributed by atoms with Gasteiger partial charge in [0.15, 0.2) is 5.82 Å². The second-order valence-electron chi connectivity index (χ2n) is 17.6. The summed E-state index contributed by atoms with van der Waals surface area (Å²) in [6, 6.07) is 17.4. The van der Waals surface area contributed by atoms with Crippen molar-refractivity contribution < 1.29 is 33.5 Å². The van der Waals surface area contributed by atoms with Crippen LogP contribution in [-0.2, 0) is 32.3 Å². The van der Waals surface area contributed by atoms with E-state index in [0.717, 1.165) is 62.0 Å². The number of aromatic nitrogens is 2. The SMILES string of the molecule is CC[C@@H]1C(=O)N(C)c2cnc(Nc3ccc(C(=O)NC4CCN(CCNCCCCC(=O)Nc5cccc6c5CN(C5CCC(=O)NC5=O)C6=O)CC4)cc3OC)nc2N1Cc1ccc(Br)cc1. The van der Waals surface area contributed by atoms with E-state index in [1.54, 1.807) is 61.7 Å². The summed E-state index contributed by atoms with van der Waals surface area (Å²) >= 11 is 3.50. The number of amides is 6. The molecule has 358 valence electrons. The maximum atomic E-state index is 13.5. The first-order valence-electron chi connectivity index (χ1n) is 23.3. The molecule has 2 fully saturated rings. The number of imide groups is 1. The molecule has 4 aliphatic rings. The first-order valence-corrected chi connectivity index (χ1v) is 24.1. The van der Waals surface area contributed by atoms with Crippen molar-refractivity contribution in [3.63, 3.8) is 0 Å². The Balaban J connectivity index is 0.745. The Hall–Kier alpha value is -6.44. The number of carbonyl (C=O) groups is 6. The number of methoxy groups -OCH3 is 1. The molecule has 5 heterocycles. The molecular formula is C49H58BrN11O7. The predicted molar refractivity (Wildman–Crippen MR) is 261 cm³/mol. The zero-order chi connectivity index (χ0) is 47.9. The van der Waals surface area contributed by atoms with Crippen LogP contribution in [0.3, 0.4) is 0 Å². The Morgan fingerprint density at radius 3 is 2.50 bits per heavy atom. The summed E-state index contributed by atoms with van der Waals surface area (Å²) in [7, 11) is 3.30. The Labute approximate surface area is 404 Å². The van der Waals surface area contributed by atoms with Crippen LogP contribution in [0.2, 0.25) is 0 Å². The van der Waals surface area contributed by atoms with Gasteiger partial charge in [-0.05, 0) is 93.1 Å². The van der Waals surface area contributed by atoms with E-state index in [1.807, 2.05) is 36.1 Å². The van der Waals surface area contributed by atoms with Gasteiger partial charge in [-0.3, -0.25) is 34.1 Å². The minimum atomic E-state index is -0.713. The topological polar surface area (TPSA) is 211 Å². The van der Waals surface area contributed by atoms with Gasteiger partial charge >= 0.3 is 0 Å². The monoisotopic (exact) mass is 991 g/mol. The largest absolute Gasteiger partial charge is 0.495 e. The summed E-state index contributed by atoms with van der Waals surface area (Å²) in [6.07, 6.45) is 6.25. The number of fused-ring (bicyclic) bond motifs is 2. The highest BCUT2D eigenvalue weighted by Crippen LogP contribution is 2.38. The molecule has 0 aliphatic carbocycles. The summed E-state index contributed by atoms with van der Waals surface area (Å²) in [4.78, 5) is 93.8. The van der Waals surface area contributed by atoms with E-state index in [9.17, 15) is 28.8 Å². The maximum absolute atomic E-state index is 13.5. The number of hydrogen-bond acceptors (Lipinski definition) is 13. The molecule has 0 spiro atoms. The second kappa shape index (κ2) is 21.7. The van der Waals surface area contributed by atoms with E-state index in [0.29, 0.717) is 77.1 Å². The highest BCUT2D eigenvalue weighted by Gasteiger charge is 2.40. The summed E-state index contributed by atoms with van der Waals surface area (Å²) in [5.74, 6) is 0.0394. The maximum Gasteiger partial charge on any atom is 0.255 e. The summed E-state index contributed by atoms with van der Waals surface area (Å²) < 4.78 is 6.69. The van der Waals surface area contributed by atoms with Crippen LogP contribution in [0.15, 0.2) is 71.3 Å². The number of ether oxygens (including phenoxy) is 1.